The second kappa shape index (κ2) is 10.7. The van der Waals surface area contributed by atoms with Gasteiger partial charge in [-0.25, -0.2) is 4.79 Å². The summed E-state index contributed by atoms with van der Waals surface area (Å²) in [6, 6.07) is 11.0. The van der Waals surface area contributed by atoms with E-state index in [1.54, 1.807) is 36.4 Å². The Bertz CT molecular complexity index is 902. The third-order valence-electron chi connectivity index (χ3n) is 3.93. The van der Waals surface area contributed by atoms with Crippen LogP contribution in [-0.4, -0.2) is 36.5 Å². The molecule has 7 heteroatoms. The Labute approximate surface area is 169 Å². The van der Waals surface area contributed by atoms with E-state index in [1.165, 1.54) is 25.3 Å². The van der Waals surface area contributed by atoms with Crippen molar-refractivity contribution < 1.29 is 29.0 Å². The first kappa shape index (κ1) is 21.7. The number of methoxy groups -OCH3 is 1. The monoisotopic (exact) mass is 397 g/mol. The molecule has 0 bridgehead atoms. The van der Waals surface area contributed by atoms with Gasteiger partial charge < -0.3 is 19.9 Å². The predicted octanol–water partition coefficient (Wildman–Crippen LogP) is 3.58. The number of Topliss-reactive ketones (excluding diaryl/α,β-unsaturated/α-hetero) is 1. The third-order valence-corrected chi connectivity index (χ3v) is 3.93. The molecule has 0 aliphatic rings. The second-order valence-electron chi connectivity index (χ2n) is 6.17. The molecule has 0 saturated heterocycles. The van der Waals surface area contributed by atoms with Gasteiger partial charge in [0.1, 0.15) is 0 Å². The van der Waals surface area contributed by atoms with Gasteiger partial charge in [-0.05, 0) is 54.5 Å². The lowest BCUT2D eigenvalue weighted by Crippen LogP contribution is -2.13. The molecule has 2 N–H and O–H groups in total. The van der Waals surface area contributed by atoms with Gasteiger partial charge >= 0.3 is 5.97 Å². The van der Waals surface area contributed by atoms with Gasteiger partial charge in [0.05, 0.1) is 7.11 Å². The van der Waals surface area contributed by atoms with E-state index < -0.39 is 12.6 Å². The standard InChI is InChI=1S/C22H23NO6/c1-3-4-21(26)23-17-9-7-16(8-10-17)19(25)14-29-22(27)12-6-15-5-11-18(24)20(13-15)28-2/h5-13,24H,3-4,14H2,1-2H3,(H,23,26)/b12-6+. The van der Waals surface area contributed by atoms with E-state index in [9.17, 15) is 19.5 Å². The highest BCUT2D eigenvalue weighted by Crippen LogP contribution is 2.26. The van der Waals surface area contributed by atoms with Crippen LogP contribution in [0.3, 0.4) is 0 Å². The third kappa shape index (κ3) is 6.80. The molecular formula is C22H23NO6. The number of aromatic hydroxyl groups is 1. The van der Waals surface area contributed by atoms with Crippen molar-refractivity contribution in [1.82, 2.24) is 0 Å². The molecule has 0 unspecified atom stereocenters. The van der Waals surface area contributed by atoms with Gasteiger partial charge in [-0.3, -0.25) is 9.59 Å². The zero-order chi connectivity index (χ0) is 21.2. The number of anilines is 1. The molecule has 0 aliphatic carbocycles. The number of phenolic OH excluding ortho intramolecular Hbond substituents is 1. The van der Waals surface area contributed by atoms with Gasteiger partial charge in [-0.2, -0.15) is 0 Å². The number of hydrogen-bond donors (Lipinski definition) is 2. The molecule has 2 rings (SSSR count). The van der Waals surface area contributed by atoms with E-state index in [1.807, 2.05) is 6.92 Å². The minimum Gasteiger partial charge on any atom is -0.504 e. The van der Waals surface area contributed by atoms with E-state index in [2.05, 4.69) is 5.32 Å². The normalized spacial score (nSPS) is 10.6. The first-order valence-electron chi connectivity index (χ1n) is 9.08. The molecule has 0 radical (unpaired) electrons. The fourth-order valence-corrected chi connectivity index (χ4v) is 2.42. The highest BCUT2D eigenvalue weighted by Gasteiger charge is 2.09. The summed E-state index contributed by atoms with van der Waals surface area (Å²) in [6.07, 6.45) is 3.86. The van der Waals surface area contributed by atoms with E-state index in [-0.39, 0.29) is 23.2 Å². The van der Waals surface area contributed by atoms with Crippen molar-refractivity contribution in [3.8, 4) is 11.5 Å². The Morgan fingerprint density at radius 3 is 2.48 bits per heavy atom. The number of nitrogens with one attached hydrogen (secondary N) is 1. The molecule has 0 saturated carbocycles. The van der Waals surface area contributed by atoms with Crippen LogP contribution in [0.2, 0.25) is 0 Å². The molecule has 0 atom stereocenters. The fraction of sp³-hybridized carbons (Fsp3) is 0.227. The molecule has 1 amide bonds. The molecule has 152 valence electrons. The van der Waals surface area contributed by atoms with E-state index in [0.29, 0.717) is 23.2 Å². The van der Waals surface area contributed by atoms with Crippen LogP contribution in [0.15, 0.2) is 48.5 Å². The van der Waals surface area contributed by atoms with E-state index in [4.69, 9.17) is 9.47 Å². The van der Waals surface area contributed by atoms with Gasteiger partial charge in [-0.15, -0.1) is 0 Å². The Kier molecular flexibility index (Phi) is 7.97. The van der Waals surface area contributed by atoms with Crippen molar-refractivity contribution in [3.63, 3.8) is 0 Å². The Hall–Kier alpha value is -3.61. The SMILES string of the molecule is CCCC(=O)Nc1ccc(C(=O)COC(=O)/C=C/c2ccc(O)c(OC)c2)cc1. The van der Waals surface area contributed by atoms with Crippen LogP contribution in [0, 0.1) is 0 Å². The molecule has 0 heterocycles. The van der Waals surface area contributed by atoms with Crippen molar-refractivity contribution >= 4 is 29.4 Å². The van der Waals surface area contributed by atoms with Crippen LogP contribution in [0.4, 0.5) is 5.69 Å². The first-order chi connectivity index (χ1) is 13.9. The van der Waals surface area contributed by atoms with Crippen LogP contribution < -0.4 is 10.1 Å². The minimum atomic E-state index is -0.672. The smallest absolute Gasteiger partial charge is 0.331 e. The van der Waals surface area contributed by atoms with Crippen molar-refractivity contribution in [1.29, 1.82) is 0 Å². The average Bonchev–Trinajstić information content (AvgIpc) is 2.72. The first-order valence-corrected chi connectivity index (χ1v) is 9.08. The number of phenols is 1. The Morgan fingerprint density at radius 1 is 1.10 bits per heavy atom. The van der Waals surface area contributed by atoms with Crippen LogP contribution in [0.25, 0.3) is 6.08 Å². The second-order valence-corrected chi connectivity index (χ2v) is 6.17. The predicted molar refractivity (Wildman–Crippen MR) is 109 cm³/mol. The van der Waals surface area contributed by atoms with Gasteiger partial charge in [0.15, 0.2) is 23.9 Å². The van der Waals surface area contributed by atoms with Crippen molar-refractivity contribution in [2.75, 3.05) is 19.0 Å². The van der Waals surface area contributed by atoms with Crippen molar-refractivity contribution in [2.45, 2.75) is 19.8 Å². The zero-order valence-electron chi connectivity index (χ0n) is 16.3. The number of ether oxygens (including phenoxy) is 2. The lowest BCUT2D eigenvalue weighted by atomic mass is 10.1. The van der Waals surface area contributed by atoms with Gasteiger partial charge in [0.25, 0.3) is 0 Å². The Balaban J connectivity index is 1.86. The topological polar surface area (TPSA) is 102 Å². The van der Waals surface area contributed by atoms with Crippen LogP contribution in [0.1, 0.15) is 35.7 Å². The molecule has 2 aromatic carbocycles. The number of amides is 1. The maximum absolute atomic E-state index is 12.1. The van der Waals surface area contributed by atoms with Crippen molar-refractivity contribution in [3.05, 3.63) is 59.7 Å². The summed E-state index contributed by atoms with van der Waals surface area (Å²) >= 11 is 0. The van der Waals surface area contributed by atoms with E-state index >= 15 is 0 Å². The molecule has 0 aliphatic heterocycles. The molecule has 0 aromatic heterocycles. The average molecular weight is 397 g/mol. The number of esters is 1. The minimum absolute atomic E-state index is 0.00577. The number of carbonyl (C=O) groups excluding carboxylic acids is 3. The summed E-state index contributed by atoms with van der Waals surface area (Å²) in [5, 5.41) is 12.3. The summed E-state index contributed by atoms with van der Waals surface area (Å²) < 4.78 is 9.96. The summed E-state index contributed by atoms with van der Waals surface area (Å²) in [7, 11) is 1.42. The van der Waals surface area contributed by atoms with Gasteiger partial charge in [0, 0.05) is 23.7 Å². The summed E-state index contributed by atoms with van der Waals surface area (Å²) in [5.41, 5.74) is 1.60. The van der Waals surface area contributed by atoms with Crippen molar-refractivity contribution in [2.24, 2.45) is 0 Å². The van der Waals surface area contributed by atoms with Crippen LogP contribution in [0.5, 0.6) is 11.5 Å². The summed E-state index contributed by atoms with van der Waals surface area (Å²) in [4.78, 5) is 35.5. The fourth-order valence-electron chi connectivity index (χ4n) is 2.42. The van der Waals surface area contributed by atoms with Crippen LogP contribution >= 0.6 is 0 Å². The van der Waals surface area contributed by atoms with Gasteiger partial charge in [0.2, 0.25) is 5.91 Å². The molecule has 29 heavy (non-hydrogen) atoms. The number of carbonyl (C=O) groups is 3. The molecule has 0 fully saturated rings. The summed E-state index contributed by atoms with van der Waals surface area (Å²) in [6.45, 7) is 1.52. The Morgan fingerprint density at radius 2 is 1.83 bits per heavy atom. The lowest BCUT2D eigenvalue weighted by molar-refractivity contribution is -0.136. The maximum atomic E-state index is 12.1. The van der Waals surface area contributed by atoms with Gasteiger partial charge in [-0.1, -0.05) is 13.0 Å². The zero-order valence-corrected chi connectivity index (χ0v) is 16.3. The molecule has 7 nitrogen and oxygen atoms in total. The largest absolute Gasteiger partial charge is 0.504 e. The quantitative estimate of drug-likeness (QED) is 0.381. The molecule has 0 spiro atoms. The number of rotatable bonds is 9. The summed E-state index contributed by atoms with van der Waals surface area (Å²) in [5.74, 6) is -0.837. The highest BCUT2D eigenvalue weighted by atomic mass is 16.5. The molecule has 2 aromatic rings. The lowest BCUT2D eigenvalue weighted by Gasteiger charge is -2.06. The van der Waals surface area contributed by atoms with E-state index in [0.717, 1.165) is 6.42 Å². The van der Waals surface area contributed by atoms with Crippen LogP contribution in [-0.2, 0) is 14.3 Å². The number of benzene rings is 2. The number of hydrogen-bond acceptors (Lipinski definition) is 6. The highest BCUT2D eigenvalue weighted by molar-refractivity contribution is 5.99. The molecular weight excluding hydrogens is 374 g/mol. The number of ketones is 1. The maximum Gasteiger partial charge on any atom is 0.331 e.